The fraction of sp³-hybridized carbons (Fsp3) is 0.333. The van der Waals surface area contributed by atoms with E-state index in [4.69, 9.17) is 0 Å². The minimum atomic E-state index is -0.651. The van der Waals surface area contributed by atoms with Gasteiger partial charge in [-0.3, -0.25) is 9.59 Å². The molecule has 0 aliphatic carbocycles. The first kappa shape index (κ1) is 25.2. The normalized spacial score (nSPS) is 14.0. The molecule has 0 aliphatic rings. The summed E-state index contributed by atoms with van der Waals surface area (Å²) in [5.41, 5.74) is 2.29. The molecule has 0 fully saturated rings. The first-order valence-corrected chi connectivity index (χ1v) is 12.0. The fourth-order valence-corrected chi connectivity index (χ4v) is 4.37. The van der Waals surface area contributed by atoms with Gasteiger partial charge in [0.25, 0.3) is 5.91 Å². The highest BCUT2D eigenvalue weighted by molar-refractivity contribution is 5.98. The Kier molecular flexibility index (Phi) is 8.27. The summed E-state index contributed by atoms with van der Waals surface area (Å²) < 4.78 is 0. The molecule has 34 heavy (non-hydrogen) atoms. The predicted molar refractivity (Wildman–Crippen MR) is 138 cm³/mol. The van der Waals surface area contributed by atoms with E-state index in [1.807, 2.05) is 107 Å². The van der Waals surface area contributed by atoms with Crippen LogP contribution in [0.3, 0.4) is 0 Å². The third-order valence-electron chi connectivity index (χ3n) is 5.96. The third-order valence-corrected chi connectivity index (χ3v) is 5.96. The van der Waals surface area contributed by atoms with E-state index in [1.54, 1.807) is 4.90 Å². The van der Waals surface area contributed by atoms with Gasteiger partial charge in [0.2, 0.25) is 5.91 Å². The van der Waals surface area contributed by atoms with Gasteiger partial charge in [-0.05, 0) is 63.3 Å². The van der Waals surface area contributed by atoms with Gasteiger partial charge in [0.05, 0.1) is 6.04 Å². The maximum Gasteiger partial charge on any atom is 0.255 e. The minimum absolute atomic E-state index is 0.108. The van der Waals surface area contributed by atoms with E-state index >= 15 is 0 Å². The van der Waals surface area contributed by atoms with Crippen molar-refractivity contribution in [1.82, 2.24) is 10.2 Å². The Bertz CT molecular complexity index is 1060. The topological polar surface area (TPSA) is 49.4 Å². The van der Waals surface area contributed by atoms with Crippen LogP contribution in [-0.2, 0) is 11.2 Å². The number of carbonyl (C=O) groups is 2. The molecule has 4 nitrogen and oxygen atoms in total. The van der Waals surface area contributed by atoms with Crippen molar-refractivity contribution in [2.24, 2.45) is 5.92 Å². The van der Waals surface area contributed by atoms with Crippen LogP contribution in [0.15, 0.2) is 91.0 Å². The van der Waals surface area contributed by atoms with Gasteiger partial charge in [-0.1, -0.05) is 85.8 Å². The lowest BCUT2D eigenvalue weighted by atomic mass is 9.89. The summed E-state index contributed by atoms with van der Waals surface area (Å²) in [7, 11) is 0. The number of rotatable bonds is 8. The highest BCUT2D eigenvalue weighted by Crippen LogP contribution is 2.30. The average Bonchev–Trinajstić information content (AvgIpc) is 2.82. The van der Waals surface area contributed by atoms with Gasteiger partial charge >= 0.3 is 0 Å². The summed E-state index contributed by atoms with van der Waals surface area (Å²) in [5, 5.41) is 3.15. The number of benzene rings is 3. The maximum atomic E-state index is 14.0. The predicted octanol–water partition coefficient (Wildman–Crippen LogP) is 6.05. The van der Waals surface area contributed by atoms with Crippen LogP contribution in [0, 0.1) is 5.92 Å². The van der Waals surface area contributed by atoms with Crippen LogP contribution in [0.5, 0.6) is 0 Å². The van der Waals surface area contributed by atoms with Crippen molar-refractivity contribution >= 4 is 11.8 Å². The quantitative estimate of drug-likeness (QED) is 0.448. The summed E-state index contributed by atoms with van der Waals surface area (Å²) in [6, 6.07) is 28.3. The van der Waals surface area contributed by atoms with Crippen molar-refractivity contribution < 1.29 is 9.59 Å². The second kappa shape index (κ2) is 11.1. The molecule has 0 radical (unpaired) electrons. The Labute approximate surface area is 204 Å². The summed E-state index contributed by atoms with van der Waals surface area (Å²) >= 11 is 0. The molecule has 4 heteroatoms. The molecule has 0 saturated heterocycles. The van der Waals surface area contributed by atoms with E-state index in [-0.39, 0.29) is 23.8 Å². The molecule has 0 aliphatic heterocycles. The van der Waals surface area contributed by atoms with Crippen molar-refractivity contribution in [3.63, 3.8) is 0 Å². The Morgan fingerprint density at radius 2 is 1.29 bits per heavy atom. The molecule has 0 saturated carbocycles. The zero-order valence-corrected chi connectivity index (χ0v) is 20.9. The molecular formula is C30H36N2O2. The molecule has 0 bridgehead atoms. The zero-order chi connectivity index (χ0) is 24.7. The zero-order valence-electron chi connectivity index (χ0n) is 20.9. The molecule has 3 rings (SSSR count). The molecular weight excluding hydrogens is 420 g/mol. The smallest absolute Gasteiger partial charge is 0.255 e. The Hall–Kier alpha value is -3.40. The van der Waals surface area contributed by atoms with Crippen LogP contribution in [0.4, 0.5) is 0 Å². The molecule has 2 amide bonds. The second-order valence-electron chi connectivity index (χ2n) is 10.0. The molecule has 0 unspecified atom stereocenters. The number of nitrogens with one attached hydrogen (secondary N) is 1. The Morgan fingerprint density at radius 3 is 1.82 bits per heavy atom. The average molecular weight is 457 g/mol. The maximum absolute atomic E-state index is 14.0. The van der Waals surface area contributed by atoms with E-state index in [2.05, 4.69) is 24.4 Å². The number of amides is 2. The van der Waals surface area contributed by atoms with Gasteiger partial charge in [0.1, 0.15) is 6.04 Å². The Morgan fingerprint density at radius 1 is 0.794 bits per heavy atom. The van der Waals surface area contributed by atoms with Gasteiger partial charge in [-0.25, -0.2) is 0 Å². The first-order chi connectivity index (χ1) is 16.2. The van der Waals surface area contributed by atoms with Crippen LogP contribution in [-0.4, -0.2) is 28.3 Å². The van der Waals surface area contributed by atoms with Crippen molar-refractivity contribution in [3.8, 4) is 0 Å². The fourth-order valence-electron chi connectivity index (χ4n) is 4.37. The van der Waals surface area contributed by atoms with Crippen molar-refractivity contribution in [1.29, 1.82) is 0 Å². The van der Waals surface area contributed by atoms with Gasteiger partial charge < -0.3 is 10.2 Å². The van der Waals surface area contributed by atoms with E-state index in [1.165, 1.54) is 0 Å². The van der Waals surface area contributed by atoms with Crippen LogP contribution in [0.1, 0.15) is 62.1 Å². The van der Waals surface area contributed by atoms with Crippen LogP contribution in [0.25, 0.3) is 0 Å². The SMILES string of the molecule is C[C@H](Cc1ccccc1)[C@@H](C(=O)NC(C)(C)C)N(C(=O)c1ccccc1)[C@H](C)c1ccccc1. The number of hydrogen-bond acceptors (Lipinski definition) is 2. The number of nitrogens with zero attached hydrogens (tertiary/aromatic N) is 1. The summed E-state index contributed by atoms with van der Waals surface area (Å²) in [6.45, 7) is 9.96. The van der Waals surface area contributed by atoms with E-state index < -0.39 is 11.6 Å². The molecule has 0 spiro atoms. The van der Waals surface area contributed by atoms with Crippen molar-refractivity contribution in [2.75, 3.05) is 0 Å². The minimum Gasteiger partial charge on any atom is -0.350 e. The molecule has 3 atom stereocenters. The molecule has 3 aromatic rings. The van der Waals surface area contributed by atoms with E-state index in [0.29, 0.717) is 12.0 Å². The number of hydrogen-bond donors (Lipinski definition) is 1. The van der Waals surface area contributed by atoms with Crippen LogP contribution in [0.2, 0.25) is 0 Å². The lowest BCUT2D eigenvalue weighted by molar-refractivity contribution is -0.129. The van der Waals surface area contributed by atoms with Gasteiger partial charge in [0, 0.05) is 11.1 Å². The summed E-state index contributed by atoms with van der Waals surface area (Å²) in [5.74, 6) is -0.391. The highest BCUT2D eigenvalue weighted by Gasteiger charge is 2.39. The largest absolute Gasteiger partial charge is 0.350 e. The molecule has 0 aromatic heterocycles. The molecule has 178 valence electrons. The second-order valence-corrected chi connectivity index (χ2v) is 10.0. The molecule has 1 N–H and O–H groups in total. The Balaban J connectivity index is 2.08. The first-order valence-electron chi connectivity index (χ1n) is 12.0. The lowest BCUT2D eigenvalue weighted by Crippen LogP contribution is -2.57. The van der Waals surface area contributed by atoms with Gasteiger partial charge in [-0.15, -0.1) is 0 Å². The van der Waals surface area contributed by atoms with Gasteiger partial charge in [0.15, 0.2) is 0 Å². The van der Waals surface area contributed by atoms with Crippen molar-refractivity contribution in [2.45, 2.75) is 58.7 Å². The van der Waals surface area contributed by atoms with Crippen LogP contribution < -0.4 is 5.32 Å². The molecule has 3 aromatic carbocycles. The van der Waals surface area contributed by atoms with E-state index in [9.17, 15) is 9.59 Å². The van der Waals surface area contributed by atoms with Crippen LogP contribution >= 0.6 is 0 Å². The molecule has 0 heterocycles. The summed E-state index contributed by atoms with van der Waals surface area (Å²) in [4.78, 5) is 29.5. The van der Waals surface area contributed by atoms with E-state index in [0.717, 1.165) is 11.1 Å². The third kappa shape index (κ3) is 6.57. The number of carbonyl (C=O) groups excluding carboxylic acids is 2. The van der Waals surface area contributed by atoms with Crippen molar-refractivity contribution in [3.05, 3.63) is 108 Å². The summed E-state index contributed by atoms with van der Waals surface area (Å²) in [6.07, 6.45) is 0.684. The highest BCUT2D eigenvalue weighted by atomic mass is 16.2. The monoisotopic (exact) mass is 456 g/mol. The standard InChI is InChI=1S/C30H36N2O2/c1-22(21-24-15-9-6-10-16-24)27(28(33)31-30(3,4)5)32(23(2)25-17-11-7-12-18-25)29(34)26-19-13-8-14-20-26/h6-20,22-23,27H,21H2,1-5H3,(H,31,33)/t22-,23-,27+/m1/s1. The van der Waals surface area contributed by atoms with Gasteiger partial charge in [-0.2, -0.15) is 0 Å². The lowest BCUT2D eigenvalue weighted by Gasteiger charge is -2.40.